The molecule has 0 radical (unpaired) electrons. The van der Waals surface area contributed by atoms with Crippen molar-refractivity contribution in [2.45, 2.75) is 33.0 Å². The van der Waals surface area contributed by atoms with Gasteiger partial charge in [0, 0.05) is 10.5 Å². The number of halogens is 1. The molecule has 0 aliphatic rings. The molecule has 0 aliphatic carbocycles. The molecule has 24 heavy (non-hydrogen) atoms. The van der Waals surface area contributed by atoms with Crippen molar-refractivity contribution in [2.24, 2.45) is 0 Å². The maximum absolute atomic E-state index is 12.0. The number of nitrogens with one attached hydrogen (secondary N) is 1. The molecule has 1 aromatic heterocycles. The number of hydrogen-bond acceptors (Lipinski definition) is 6. The van der Waals surface area contributed by atoms with E-state index in [0.717, 1.165) is 4.47 Å². The zero-order chi connectivity index (χ0) is 17.7. The summed E-state index contributed by atoms with van der Waals surface area (Å²) in [6, 6.07) is 8.59. The summed E-state index contributed by atoms with van der Waals surface area (Å²) in [5.41, 5.74) is 0. The molecule has 1 N–H and O–H groups in total. The fourth-order valence-corrected chi connectivity index (χ4v) is 2.01. The Bertz CT molecular complexity index is 714. The number of rotatable bonds is 6. The SMILES string of the molecule is Cc1cc(NC(=O)C(C)OC(=O)C(C)Oc2ccc(Br)cc2)no1. The lowest BCUT2D eigenvalue weighted by Gasteiger charge is -2.17. The van der Waals surface area contributed by atoms with E-state index in [-0.39, 0.29) is 5.82 Å². The molecule has 0 saturated heterocycles. The first-order valence-corrected chi connectivity index (χ1v) is 8.01. The summed E-state index contributed by atoms with van der Waals surface area (Å²) in [4.78, 5) is 24.0. The van der Waals surface area contributed by atoms with Gasteiger partial charge in [0.2, 0.25) is 0 Å². The van der Waals surface area contributed by atoms with Gasteiger partial charge in [0.05, 0.1) is 0 Å². The molecule has 2 unspecified atom stereocenters. The van der Waals surface area contributed by atoms with E-state index in [0.29, 0.717) is 11.5 Å². The zero-order valence-corrected chi connectivity index (χ0v) is 15.0. The number of nitrogens with zero attached hydrogens (tertiary/aromatic N) is 1. The number of aromatic nitrogens is 1. The largest absolute Gasteiger partial charge is 0.479 e. The average molecular weight is 397 g/mol. The van der Waals surface area contributed by atoms with Crippen molar-refractivity contribution in [1.29, 1.82) is 0 Å². The van der Waals surface area contributed by atoms with Crippen LogP contribution in [0.3, 0.4) is 0 Å². The molecule has 2 atom stereocenters. The van der Waals surface area contributed by atoms with Crippen LogP contribution < -0.4 is 10.1 Å². The van der Waals surface area contributed by atoms with Crippen LogP contribution in [-0.4, -0.2) is 29.2 Å². The topological polar surface area (TPSA) is 90.7 Å². The number of carbonyl (C=O) groups is 2. The predicted octanol–water partition coefficient (Wildman–Crippen LogP) is 3.08. The van der Waals surface area contributed by atoms with E-state index >= 15 is 0 Å². The van der Waals surface area contributed by atoms with Crippen LogP contribution in [0.1, 0.15) is 19.6 Å². The van der Waals surface area contributed by atoms with Gasteiger partial charge in [-0.3, -0.25) is 4.79 Å². The molecule has 2 rings (SSSR count). The Morgan fingerprint density at radius 3 is 2.46 bits per heavy atom. The molecular formula is C16H17BrN2O5. The first-order chi connectivity index (χ1) is 11.3. The maximum atomic E-state index is 12.0. The highest BCUT2D eigenvalue weighted by Crippen LogP contribution is 2.18. The summed E-state index contributed by atoms with van der Waals surface area (Å²) in [6.07, 6.45) is -1.85. The van der Waals surface area contributed by atoms with Crippen molar-refractivity contribution in [2.75, 3.05) is 5.32 Å². The first kappa shape index (κ1) is 18.0. The monoisotopic (exact) mass is 396 g/mol. The lowest BCUT2D eigenvalue weighted by molar-refractivity contribution is -0.159. The van der Waals surface area contributed by atoms with Crippen molar-refractivity contribution in [3.8, 4) is 5.75 Å². The molecule has 0 aliphatic heterocycles. The van der Waals surface area contributed by atoms with Crippen LogP contribution in [0.15, 0.2) is 39.3 Å². The third kappa shape index (κ3) is 5.09. The number of aryl methyl sites for hydroxylation is 1. The molecule has 1 amide bonds. The van der Waals surface area contributed by atoms with E-state index in [1.165, 1.54) is 6.92 Å². The molecule has 0 bridgehead atoms. The number of carbonyl (C=O) groups excluding carboxylic acids is 2. The summed E-state index contributed by atoms with van der Waals surface area (Å²) >= 11 is 3.31. The summed E-state index contributed by atoms with van der Waals surface area (Å²) in [6.45, 7) is 4.72. The van der Waals surface area contributed by atoms with Gasteiger partial charge in [-0.25, -0.2) is 4.79 Å². The second kappa shape index (κ2) is 7.96. The van der Waals surface area contributed by atoms with E-state index in [9.17, 15) is 9.59 Å². The third-order valence-electron chi connectivity index (χ3n) is 3.00. The van der Waals surface area contributed by atoms with E-state index in [1.54, 1.807) is 44.2 Å². The lowest BCUT2D eigenvalue weighted by atomic mass is 10.3. The number of hydrogen-bond donors (Lipinski definition) is 1. The van der Waals surface area contributed by atoms with Crippen molar-refractivity contribution in [1.82, 2.24) is 5.16 Å². The minimum absolute atomic E-state index is 0.263. The zero-order valence-electron chi connectivity index (χ0n) is 13.4. The van der Waals surface area contributed by atoms with Gasteiger partial charge in [-0.05, 0) is 45.0 Å². The highest BCUT2D eigenvalue weighted by Gasteiger charge is 2.23. The minimum Gasteiger partial charge on any atom is -0.479 e. The Morgan fingerprint density at radius 1 is 1.21 bits per heavy atom. The van der Waals surface area contributed by atoms with Crippen molar-refractivity contribution in [3.63, 3.8) is 0 Å². The van der Waals surface area contributed by atoms with Gasteiger partial charge in [-0.1, -0.05) is 21.1 Å². The van der Waals surface area contributed by atoms with Gasteiger partial charge in [-0.2, -0.15) is 0 Å². The number of ether oxygens (including phenoxy) is 2. The molecule has 128 valence electrons. The Morgan fingerprint density at radius 2 is 1.88 bits per heavy atom. The summed E-state index contributed by atoms with van der Waals surface area (Å²) < 4.78 is 16.3. The van der Waals surface area contributed by atoms with Crippen LogP contribution in [0.5, 0.6) is 5.75 Å². The molecule has 7 nitrogen and oxygen atoms in total. The predicted molar refractivity (Wildman–Crippen MR) is 89.7 cm³/mol. The number of anilines is 1. The molecule has 0 fully saturated rings. The smallest absolute Gasteiger partial charge is 0.347 e. The van der Waals surface area contributed by atoms with Crippen molar-refractivity contribution >= 4 is 33.6 Å². The number of benzene rings is 1. The number of esters is 1. The Balaban J connectivity index is 1.85. The molecular weight excluding hydrogens is 380 g/mol. The van der Waals surface area contributed by atoms with Gasteiger partial charge >= 0.3 is 5.97 Å². The van der Waals surface area contributed by atoms with Gasteiger partial charge < -0.3 is 19.3 Å². The third-order valence-corrected chi connectivity index (χ3v) is 3.53. The van der Waals surface area contributed by atoms with Gasteiger partial charge in [0.25, 0.3) is 5.91 Å². The quantitative estimate of drug-likeness (QED) is 0.754. The molecule has 2 aromatic rings. The van der Waals surface area contributed by atoms with Crippen LogP contribution in [0.25, 0.3) is 0 Å². The van der Waals surface area contributed by atoms with Gasteiger partial charge in [0.1, 0.15) is 11.5 Å². The van der Waals surface area contributed by atoms with Gasteiger partial charge in [-0.15, -0.1) is 0 Å². The number of amides is 1. The average Bonchev–Trinajstić information content (AvgIpc) is 2.94. The maximum Gasteiger partial charge on any atom is 0.347 e. The fraction of sp³-hybridized carbons (Fsp3) is 0.312. The van der Waals surface area contributed by atoms with Crippen LogP contribution in [0.4, 0.5) is 5.82 Å². The highest BCUT2D eigenvalue weighted by atomic mass is 79.9. The molecule has 0 spiro atoms. The Kier molecular flexibility index (Phi) is 5.97. The van der Waals surface area contributed by atoms with E-state index < -0.39 is 24.1 Å². The minimum atomic E-state index is -0.995. The molecule has 1 aromatic carbocycles. The molecule has 1 heterocycles. The van der Waals surface area contributed by atoms with E-state index in [1.807, 2.05) is 0 Å². The molecule has 8 heteroatoms. The van der Waals surface area contributed by atoms with Crippen LogP contribution in [-0.2, 0) is 14.3 Å². The van der Waals surface area contributed by atoms with Gasteiger partial charge in [0.15, 0.2) is 18.0 Å². The summed E-state index contributed by atoms with van der Waals surface area (Å²) in [7, 11) is 0. The Labute approximate surface area is 147 Å². The van der Waals surface area contributed by atoms with Crippen molar-refractivity contribution < 1.29 is 23.6 Å². The van der Waals surface area contributed by atoms with E-state index in [2.05, 4.69) is 26.4 Å². The second-order valence-corrected chi connectivity index (χ2v) is 6.02. The first-order valence-electron chi connectivity index (χ1n) is 7.22. The highest BCUT2D eigenvalue weighted by molar-refractivity contribution is 9.10. The van der Waals surface area contributed by atoms with Crippen LogP contribution in [0, 0.1) is 6.92 Å². The lowest BCUT2D eigenvalue weighted by Crippen LogP contribution is -2.35. The van der Waals surface area contributed by atoms with Crippen LogP contribution in [0.2, 0.25) is 0 Å². The summed E-state index contributed by atoms with van der Waals surface area (Å²) in [5.74, 6) is 0.202. The van der Waals surface area contributed by atoms with Crippen molar-refractivity contribution in [3.05, 3.63) is 40.6 Å². The fourth-order valence-electron chi connectivity index (χ4n) is 1.74. The standard InChI is InChI=1S/C16H17BrN2O5/c1-9-8-14(19-24-9)18-15(20)10(2)23-16(21)11(3)22-13-6-4-12(17)5-7-13/h4-8,10-11H,1-3H3,(H,18,19,20). The summed E-state index contributed by atoms with van der Waals surface area (Å²) in [5, 5.41) is 6.14. The second-order valence-electron chi connectivity index (χ2n) is 5.11. The normalized spacial score (nSPS) is 13.0. The van der Waals surface area contributed by atoms with Crippen LogP contribution >= 0.6 is 15.9 Å². The van der Waals surface area contributed by atoms with E-state index in [4.69, 9.17) is 14.0 Å². The molecule has 0 saturated carbocycles. The Hall–Kier alpha value is -2.35.